The summed E-state index contributed by atoms with van der Waals surface area (Å²) in [5.74, 6) is 0.694. The number of aromatic nitrogens is 2. The number of nitrogens with one attached hydrogen (secondary N) is 1. The molecule has 0 bridgehead atoms. The molecule has 0 aliphatic carbocycles. The molecule has 0 atom stereocenters. The van der Waals surface area contributed by atoms with Crippen LogP contribution in [0.2, 0.25) is 0 Å². The summed E-state index contributed by atoms with van der Waals surface area (Å²) < 4.78 is 1.08. The van der Waals surface area contributed by atoms with Crippen LogP contribution in [-0.4, -0.2) is 16.5 Å². The summed E-state index contributed by atoms with van der Waals surface area (Å²) in [6, 6.07) is 3.95. The third-order valence-corrected chi connectivity index (χ3v) is 3.90. The molecule has 2 heterocycles. The molecule has 0 saturated carbocycles. The molecule has 84 valence electrons. The van der Waals surface area contributed by atoms with Crippen LogP contribution in [0.3, 0.4) is 0 Å². The van der Waals surface area contributed by atoms with Gasteiger partial charge in [0.05, 0.1) is 10.6 Å². The van der Waals surface area contributed by atoms with Gasteiger partial charge in [-0.15, -0.1) is 11.3 Å². The number of rotatable bonds is 4. The Morgan fingerprint density at radius 1 is 1.44 bits per heavy atom. The number of nitrogens with zero attached hydrogens (tertiary/aromatic N) is 2. The van der Waals surface area contributed by atoms with Crippen molar-refractivity contribution in [2.24, 2.45) is 0 Å². The van der Waals surface area contributed by atoms with Crippen LogP contribution in [0.1, 0.15) is 13.3 Å². The highest BCUT2D eigenvalue weighted by atomic mass is 79.9. The normalized spacial score (nSPS) is 10.4. The molecule has 0 aliphatic heterocycles. The molecule has 5 heteroatoms. The molecular weight excluding hydrogens is 286 g/mol. The maximum Gasteiger partial charge on any atom is 0.223 e. The lowest BCUT2D eigenvalue weighted by Gasteiger charge is -2.04. The highest BCUT2D eigenvalue weighted by Gasteiger charge is 2.06. The van der Waals surface area contributed by atoms with E-state index < -0.39 is 0 Å². The van der Waals surface area contributed by atoms with Crippen LogP contribution >= 0.6 is 27.3 Å². The van der Waals surface area contributed by atoms with Gasteiger partial charge >= 0.3 is 0 Å². The van der Waals surface area contributed by atoms with E-state index in [0.29, 0.717) is 5.95 Å². The molecule has 16 heavy (non-hydrogen) atoms. The Morgan fingerprint density at radius 3 is 3.00 bits per heavy atom. The summed E-state index contributed by atoms with van der Waals surface area (Å²) >= 11 is 5.18. The fraction of sp³-hybridized carbons (Fsp3) is 0.273. The zero-order valence-corrected chi connectivity index (χ0v) is 11.3. The zero-order chi connectivity index (χ0) is 11.4. The molecule has 2 aromatic rings. The Hall–Kier alpha value is -0.940. The van der Waals surface area contributed by atoms with Gasteiger partial charge in [0.1, 0.15) is 0 Å². The van der Waals surface area contributed by atoms with E-state index in [2.05, 4.69) is 38.1 Å². The predicted molar refractivity (Wildman–Crippen MR) is 71.8 cm³/mol. The largest absolute Gasteiger partial charge is 0.354 e. The molecule has 2 aromatic heterocycles. The maximum absolute atomic E-state index is 4.47. The Balaban J connectivity index is 2.26. The van der Waals surface area contributed by atoms with Gasteiger partial charge < -0.3 is 5.32 Å². The molecule has 3 nitrogen and oxygen atoms in total. The third kappa shape index (κ3) is 2.59. The summed E-state index contributed by atoms with van der Waals surface area (Å²) in [4.78, 5) is 9.80. The SMILES string of the molecule is CCCNc1nccc(-c2sccc2Br)n1. The van der Waals surface area contributed by atoms with E-state index in [0.717, 1.165) is 28.0 Å². The summed E-state index contributed by atoms with van der Waals surface area (Å²) in [7, 11) is 0. The Bertz CT molecular complexity index is 470. The van der Waals surface area contributed by atoms with Gasteiger partial charge in [-0.2, -0.15) is 0 Å². The molecule has 2 rings (SSSR count). The second kappa shape index (κ2) is 5.41. The number of halogens is 1. The van der Waals surface area contributed by atoms with Gasteiger partial charge in [-0.05, 0) is 39.9 Å². The van der Waals surface area contributed by atoms with E-state index in [1.807, 2.05) is 17.5 Å². The zero-order valence-electron chi connectivity index (χ0n) is 8.90. The Labute approximate surface area is 107 Å². The molecule has 0 radical (unpaired) electrons. The minimum Gasteiger partial charge on any atom is -0.354 e. The number of hydrogen-bond donors (Lipinski definition) is 1. The topological polar surface area (TPSA) is 37.8 Å². The average molecular weight is 298 g/mol. The summed E-state index contributed by atoms with van der Waals surface area (Å²) in [6.45, 7) is 3.02. The highest BCUT2D eigenvalue weighted by Crippen LogP contribution is 2.32. The van der Waals surface area contributed by atoms with Gasteiger partial charge in [-0.25, -0.2) is 9.97 Å². The fourth-order valence-corrected chi connectivity index (χ4v) is 2.83. The number of anilines is 1. The molecule has 0 aromatic carbocycles. The van der Waals surface area contributed by atoms with Crippen LogP contribution in [0.5, 0.6) is 0 Å². The first-order valence-electron chi connectivity index (χ1n) is 5.11. The van der Waals surface area contributed by atoms with E-state index in [-0.39, 0.29) is 0 Å². The lowest BCUT2D eigenvalue weighted by atomic mass is 10.3. The first-order valence-corrected chi connectivity index (χ1v) is 6.79. The van der Waals surface area contributed by atoms with Crippen LogP contribution in [0, 0.1) is 0 Å². The van der Waals surface area contributed by atoms with Crippen LogP contribution < -0.4 is 5.32 Å². The van der Waals surface area contributed by atoms with Gasteiger partial charge in [-0.3, -0.25) is 0 Å². The van der Waals surface area contributed by atoms with Crippen LogP contribution in [0.15, 0.2) is 28.2 Å². The first kappa shape index (κ1) is 11.5. The fourth-order valence-electron chi connectivity index (χ4n) is 1.28. The summed E-state index contributed by atoms with van der Waals surface area (Å²) in [6.07, 6.45) is 2.85. The van der Waals surface area contributed by atoms with Gasteiger partial charge in [0, 0.05) is 17.2 Å². The van der Waals surface area contributed by atoms with E-state index in [9.17, 15) is 0 Å². The number of thiophene rings is 1. The maximum atomic E-state index is 4.47. The van der Waals surface area contributed by atoms with Gasteiger partial charge in [0.2, 0.25) is 5.95 Å². The highest BCUT2D eigenvalue weighted by molar-refractivity contribution is 9.10. The second-order valence-electron chi connectivity index (χ2n) is 3.29. The average Bonchev–Trinajstić information content (AvgIpc) is 2.73. The van der Waals surface area contributed by atoms with Crippen molar-refractivity contribution in [2.75, 3.05) is 11.9 Å². The van der Waals surface area contributed by atoms with E-state index in [1.54, 1.807) is 17.5 Å². The van der Waals surface area contributed by atoms with Gasteiger partial charge in [0.15, 0.2) is 0 Å². The Kier molecular flexibility index (Phi) is 3.90. The van der Waals surface area contributed by atoms with Crippen LogP contribution in [0.25, 0.3) is 10.6 Å². The first-order chi connectivity index (χ1) is 7.81. The molecule has 0 saturated heterocycles. The van der Waals surface area contributed by atoms with Crippen LogP contribution in [-0.2, 0) is 0 Å². The quantitative estimate of drug-likeness (QED) is 0.933. The lowest BCUT2D eigenvalue weighted by molar-refractivity contribution is 0.953. The number of hydrogen-bond acceptors (Lipinski definition) is 4. The lowest BCUT2D eigenvalue weighted by Crippen LogP contribution is -2.04. The van der Waals surface area contributed by atoms with E-state index >= 15 is 0 Å². The molecule has 0 fully saturated rings. The summed E-state index contributed by atoms with van der Waals surface area (Å²) in [5, 5.41) is 5.23. The summed E-state index contributed by atoms with van der Waals surface area (Å²) in [5.41, 5.74) is 0.954. The molecule has 0 amide bonds. The van der Waals surface area contributed by atoms with Crippen molar-refractivity contribution in [2.45, 2.75) is 13.3 Å². The van der Waals surface area contributed by atoms with Crippen molar-refractivity contribution in [3.05, 3.63) is 28.2 Å². The van der Waals surface area contributed by atoms with Crippen molar-refractivity contribution in [1.82, 2.24) is 9.97 Å². The van der Waals surface area contributed by atoms with Gasteiger partial charge in [0.25, 0.3) is 0 Å². The second-order valence-corrected chi connectivity index (χ2v) is 5.06. The van der Waals surface area contributed by atoms with Crippen molar-refractivity contribution in [3.8, 4) is 10.6 Å². The van der Waals surface area contributed by atoms with Crippen LogP contribution in [0.4, 0.5) is 5.95 Å². The molecule has 0 unspecified atom stereocenters. The van der Waals surface area contributed by atoms with Gasteiger partial charge in [-0.1, -0.05) is 6.92 Å². The van der Waals surface area contributed by atoms with Crippen molar-refractivity contribution in [3.63, 3.8) is 0 Å². The molecule has 0 spiro atoms. The predicted octanol–water partition coefficient (Wildman–Crippen LogP) is 3.79. The van der Waals surface area contributed by atoms with E-state index in [4.69, 9.17) is 0 Å². The van der Waals surface area contributed by atoms with Crippen molar-refractivity contribution in [1.29, 1.82) is 0 Å². The van der Waals surface area contributed by atoms with E-state index in [1.165, 1.54) is 0 Å². The monoisotopic (exact) mass is 297 g/mol. The minimum absolute atomic E-state index is 0.694. The molecular formula is C11H12BrN3S. The smallest absolute Gasteiger partial charge is 0.223 e. The van der Waals surface area contributed by atoms with Crippen molar-refractivity contribution < 1.29 is 0 Å². The molecule has 1 N–H and O–H groups in total. The third-order valence-electron chi connectivity index (χ3n) is 2.04. The Morgan fingerprint density at radius 2 is 2.31 bits per heavy atom. The minimum atomic E-state index is 0.694. The molecule has 0 aliphatic rings. The van der Waals surface area contributed by atoms with Crippen molar-refractivity contribution >= 4 is 33.2 Å². The standard InChI is InChI=1S/C11H12BrN3S/c1-2-5-13-11-14-6-3-9(15-11)10-8(12)4-7-16-10/h3-4,6-7H,2,5H2,1H3,(H,13,14,15).